The van der Waals surface area contributed by atoms with Crippen molar-refractivity contribution in [3.63, 3.8) is 0 Å². The van der Waals surface area contributed by atoms with Crippen molar-refractivity contribution in [3.8, 4) is 0 Å². The van der Waals surface area contributed by atoms with Crippen LogP contribution in [0.1, 0.15) is 56.7 Å². The quantitative estimate of drug-likeness (QED) is 0.794. The van der Waals surface area contributed by atoms with Gasteiger partial charge < -0.3 is 10.2 Å². The molecule has 160 valence electrons. The highest BCUT2D eigenvalue weighted by molar-refractivity contribution is 5.92. The second kappa shape index (κ2) is 9.41. The normalized spacial score (nSPS) is 15.1. The van der Waals surface area contributed by atoms with Gasteiger partial charge in [-0.3, -0.25) is 9.59 Å². The van der Waals surface area contributed by atoms with Gasteiger partial charge in [0.1, 0.15) is 5.82 Å². The Morgan fingerprint density at radius 2 is 1.77 bits per heavy atom. The number of amides is 2. The van der Waals surface area contributed by atoms with Gasteiger partial charge in [0.2, 0.25) is 11.8 Å². The van der Waals surface area contributed by atoms with Gasteiger partial charge in [0, 0.05) is 31.6 Å². The van der Waals surface area contributed by atoms with Crippen molar-refractivity contribution in [2.24, 2.45) is 5.92 Å². The largest absolute Gasteiger partial charge is 0.343 e. The van der Waals surface area contributed by atoms with Crippen LogP contribution in [0, 0.1) is 12.8 Å². The summed E-state index contributed by atoms with van der Waals surface area (Å²) in [6.07, 6.45) is 4.36. The first-order valence-electron chi connectivity index (χ1n) is 10.8. The van der Waals surface area contributed by atoms with E-state index in [4.69, 9.17) is 0 Å². The molecular weight excluding hydrogens is 374 g/mol. The van der Waals surface area contributed by atoms with E-state index in [1.807, 2.05) is 24.0 Å². The standard InChI is InChI=1S/C25H33N3O2/c1-18-11-14-26-22(17-18)27-24(30)20-12-15-28(16-13-20)23(29)10-7-19-5-8-21(9-6-19)25(2,3)4/h5-6,8-9,11,14,17,20H,7,10,12-13,15-16H2,1-4H3,(H,26,27,30). The number of hydrogen-bond acceptors (Lipinski definition) is 3. The highest BCUT2D eigenvalue weighted by atomic mass is 16.2. The smallest absolute Gasteiger partial charge is 0.228 e. The molecule has 0 spiro atoms. The molecule has 0 atom stereocenters. The number of carbonyl (C=O) groups is 2. The van der Waals surface area contributed by atoms with E-state index in [0.717, 1.165) is 12.0 Å². The third-order valence-electron chi connectivity index (χ3n) is 5.83. The number of anilines is 1. The van der Waals surface area contributed by atoms with Crippen LogP contribution in [0.5, 0.6) is 0 Å². The lowest BCUT2D eigenvalue weighted by atomic mass is 9.86. The Bertz CT molecular complexity index is 876. The maximum absolute atomic E-state index is 12.6. The van der Waals surface area contributed by atoms with E-state index >= 15 is 0 Å². The molecule has 1 N–H and O–H groups in total. The fraction of sp³-hybridized carbons (Fsp3) is 0.480. The molecule has 5 heteroatoms. The molecule has 1 aliphatic rings. The molecule has 5 nitrogen and oxygen atoms in total. The van der Waals surface area contributed by atoms with Crippen LogP contribution in [-0.4, -0.2) is 34.8 Å². The molecule has 0 bridgehead atoms. The van der Waals surface area contributed by atoms with Gasteiger partial charge in [0.25, 0.3) is 0 Å². The van der Waals surface area contributed by atoms with Crippen LogP contribution < -0.4 is 5.32 Å². The fourth-order valence-electron chi connectivity index (χ4n) is 3.80. The molecular formula is C25H33N3O2. The third kappa shape index (κ3) is 5.91. The lowest BCUT2D eigenvalue weighted by molar-refractivity contribution is -0.134. The number of benzene rings is 1. The van der Waals surface area contributed by atoms with Gasteiger partial charge in [0.05, 0.1) is 0 Å². The summed E-state index contributed by atoms with van der Waals surface area (Å²) >= 11 is 0. The summed E-state index contributed by atoms with van der Waals surface area (Å²) in [6.45, 7) is 9.86. The first-order chi connectivity index (χ1) is 14.2. The summed E-state index contributed by atoms with van der Waals surface area (Å²) in [7, 11) is 0. The summed E-state index contributed by atoms with van der Waals surface area (Å²) in [5.41, 5.74) is 3.70. The van der Waals surface area contributed by atoms with Crippen LogP contribution in [0.2, 0.25) is 0 Å². The van der Waals surface area contributed by atoms with E-state index in [0.29, 0.717) is 38.2 Å². The lowest BCUT2D eigenvalue weighted by Gasteiger charge is -2.31. The van der Waals surface area contributed by atoms with Crippen molar-refractivity contribution in [2.45, 2.75) is 58.8 Å². The van der Waals surface area contributed by atoms with E-state index in [-0.39, 0.29) is 23.1 Å². The zero-order valence-corrected chi connectivity index (χ0v) is 18.6. The van der Waals surface area contributed by atoms with E-state index in [1.54, 1.807) is 6.20 Å². The Morgan fingerprint density at radius 1 is 1.10 bits per heavy atom. The van der Waals surface area contributed by atoms with Gasteiger partial charge in [-0.25, -0.2) is 4.98 Å². The average Bonchev–Trinajstić information content (AvgIpc) is 2.72. The Morgan fingerprint density at radius 3 is 2.37 bits per heavy atom. The van der Waals surface area contributed by atoms with Crippen molar-refractivity contribution in [1.29, 1.82) is 0 Å². The van der Waals surface area contributed by atoms with Gasteiger partial charge in [0.15, 0.2) is 0 Å². The molecule has 3 rings (SSSR count). The summed E-state index contributed by atoms with van der Waals surface area (Å²) in [5.74, 6) is 0.700. The van der Waals surface area contributed by atoms with Crippen molar-refractivity contribution >= 4 is 17.6 Å². The van der Waals surface area contributed by atoms with Gasteiger partial charge in [-0.2, -0.15) is 0 Å². The minimum atomic E-state index is -0.0682. The van der Waals surface area contributed by atoms with Crippen molar-refractivity contribution in [3.05, 3.63) is 59.3 Å². The van der Waals surface area contributed by atoms with Gasteiger partial charge in [-0.05, 0) is 60.4 Å². The number of rotatable bonds is 5. The number of aryl methyl sites for hydroxylation is 2. The minimum Gasteiger partial charge on any atom is -0.343 e. The van der Waals surface area contributed by atoms with Crippen molar-refractivity contribution < 1.29 is 9.59 Å². The number of carbonyl (C=O) groups excluding carboxylic acids is 2. The maximum atomic E-state index is 12.6. The van der Waals surface area contributed by atoms with E-state index < -0.39 is 0 Å². The van der Waals surface area contributed by atoms with Gasteiger partial charge >= 0.3 is 0 Å². The van der Waals surface area contributed by atoms with Crippen molar-refractivity contribution in [2.75, 3.05) is 18.4 Å². The second-order valence-corrected chi connectivity index (χ2v) is 9.31. The van der Waals surface area contributed by atoms with E-state index in [2.05, 4.69) is 55.3 Å². The Balaban J connectivity index is 1.44. The number of hydrogen-bond donors (Lipinski definition) is 1. The van der Waals surface area contributed by atoms with Gasteiger partial charge in [-0.15, -0.1) is 0 Å². The zero-order chi connectivity index (χ0) is 21.7. The second-order valence-electron chi connectivity index (χ2n) is 9.31. The van der Waals surface area contributed by atoms with E-state index in [9.17, 15) is 9.59 Å². The monoisotopic (exact) mass is 407 g/mol. The molecule has 0 aliphatic carbocycles. The minimum absolute atomic E-state index is 0.000799. The number of aromatic nitrogens is 1. The third-order valence-corrected chi connectivity index (χ3v) is 5.83. The topological polar surface area (TPSA) is 62.3 Å². The molecule has 2 heterocycles. The van der Waals surface area contributed by atoms with Crippen molar-refractivity contribution in [1.82, 2.24) is 9.88 Å². The summed E-state index contributed by atoms with van der Waals surface area (Å²) in [5, 5.41) is 2.90. The lowest BCUT2D eigenvalue weighted by Crippen LogP contribution is -2.41. The first kappa shape index (κ1) is 22.0. The summed E-state index contributed by atoms with van der Waals surface area (Å²) in [6, 6.07) is 12.3. The summed E-state index contributed by atoms with van der Waals surface area (Å²) < 4.78 is 0. The fourth-order valence-corrected chi connectivity index (χ4v) is 3.80. The molecule has 0 unspecified atom stereocenters. The molecule has 30 heavy (non-hydrogen) atoms. The highest BCUT2D eigenvalue weighted by Gasteiger charge is 2.27. The molecule has 1 aromatic carbocycles. The zero-order valence-electron chi connectivity index (χ0n) is 18.6. The van der Waals surface area contributed by atoms with Crippen LogP contribution in [0.4, 0.5) is 5.82 Å². The molecule has 1 saturated heterocycles. The predicted octanol–water partition coefficient (Wildman–Crippen LogP) is 4.50. The average molecular weight is 408 g/mol. The van der Waals surface area contributed by atoms with Crippen LogP contribution in [0.3, 0.4) is 0 Å². The van der Waals surface area contributed by atoms with Crippen LogP contribution in [-0.2, 0) is 21.4 Å². The molecule has 1 aliphatic heterocycles. The molecule has 1 fully saturated rings. The van der Waals surface area contributed by atoms with Crippen LogP contribution >= 0.6 is 0 Å². The number of pyridine rings is 1. The SMILES string of the molecule is Cc1ccnc(NC(=O)C2CCN(C(=O)CCc3ccc(C(C)(C)C)cc3)CC2)c1. The van der Waals surface area contributed by atoms with Gasteiger partial charge in [-0.1, -0.05) is 45.0 Å². The highest BCUT2D eigenvalue weighted by Crippen LogP contribution is 2.23. The van der Waals surface area contributed by atoms with Crippen LogP contribution in [0.25, 0.3) is 0 Å². The number of nitrogens with one attached hydrogen (secondary N) is 1. The Hall–Kier alpha value is -2.69. The molecule has 0 radical (unpaired) electrons. The first-order valence-corrected chi connectivity index (χ1v) is 10.8. The maximum Gasteiger partial charge on any atom is 0.228 e. The molecule has 2 aromatic rings. The number of piperidine rings is 1. The molecule has 2 amide bonds. The number of likely N-dealkylation sites (tertiary alicyclic amines) is 1. The van der Waals surface area contributed by atoms with E-state index in [1.165, 1.54) is 11.1 Å². The van der Waals surface area contributed by atoms with Crippen LogP contribution in [0.15, 0.2) is 42.6 Å². The molecule has 0 saturated carbocycles. The number of nitrogens with zero attached hydrogens (tertiary/aromatic N) is 2. The summed E-state index contributed by atoms with van der Waals surface area (Å²) in [4.78, 5) is 31.2. The Kier molecular flexibility index (Phi) is 6.91. The molecule has 1 aromatic heterocycles. The Labute approximate surface area is 179 Å². The predicted molar refractivity (Wildman–Crippen MR) is 120 cm³/mol.